The zero-order valence-corrected chi connectivity index (χ0v) is 62.3. The number of esters is 4. The third-order valence-corrected chi connectivity index (χ3v) is 19.1. The standard InChI is InChI=1S/C74H144O17P2/c1-7-9-11-13-15-17-33-40-46-52-58-73(78)90-69(62-84-71(76)56-50-44-38-30-16-14-12-10-8-2)64-88-92(80,81)86-60-68(75)61-87-93(82,83)89-65-70(91-74(79)59-53-47-41-35-29-25-21-19-23-27-32-37-43-49-55-67(5)6)63-85-72(77)57-51-45-39-34-28-24-20-18-22-26-31-36-42-48-54-66(3)4/h66-70,75H,7-65H2,1-6H3,(H,80,81)(H,82,83)/t68-,69+,70+/m0/s1. The van der Waals surface area contributed by atoms with Gasteiger partial charge in [0.05, 0.1) is 26.4 Å². The van der Waals surface area contributed by atoms with Crippen molar-refractivity contribution in [1.82, 2.24) is 0 Å². The van der Waals surface area contributed by atoms with E-state index in [9.17, 15) is 43.2 Å². The van der Waals surface area contributed by atoms with E-state index in [0.717, 1.165) is 102 Å². The SMILES string of the molecule is CCCCCCCCCCCCC(=O)O[C@H](COC(=O)CCCCCCCCCCC)COP(=O)(O)OC[C@H](O)COP(=O)(O)OC[C@@H](COC(=O)CCCCCCCCCCCCCCCCC(C)C)OC(=O)CCCCCCCCCCCCCCCCC(C)C. The molecule has 552 valence electrons. The molecule has 0 aliphatic heterocycles. The molecule has 93 heavy (non-hydrogen) atoms. The molecule has 0 aliphatic carbocycles. The molecule has 0 spiro atoms. The molecule has 17 nitrogen and oxygen atoms in total. The number of aliphatic hydroxyl groups is 1. The third-order valence-electron chi connectivity index (χ3n) is 17.2. The number of phosphoric ester groups is 2. The van der Waals surface area contributed by atoms with Crippen LogP contribution in [0.5, 0.6) is 0 Å². The maximum Gasteiger partial charge on any atom is 0.472 e. The van der Waals surface area contributed by atoms with Crippen molar-refractivity contribution in [3.05, 3.63) is 0 Å². The summed E-state index contributed by atoms with van der Waals surface area (Å²) in [5.41, 5.74) is 0. The van der Waals surface area contributed by atoms with Crippen LogP contribution in [0.1, 0.15) is 382 Å². The van der Waals surface area contributed by atoms with Crippen LogP contribution in [0, 0.1) is 11.8 Å². The molecule has 0 aromatic carbocycles. The molecule has 0 fully saturated rings. The van der Waals surface area contributed by atoms with Crippen LogP contribution in [0.3, 0.4) is 0 Å². The Labute approximate surface area is 568 Å². The van der Waals surface area contributed by atoms with E-state index in [-0.39, 0.29) is 25.7 Å². The highest BCUT2D eigenvalue weighted by atomic mass is 31.2. The van der Waals surface area contributed by atoms with Crippen LogP contribution in [0.25, 0.3) is 0 Å². The molecule has 0 aliphatic rings. The molecule has 0 radical (unpaired) electrons. The van der Waals surface area contributed by atoms with Crippen LogP contribution in [0.4, 0.5) is 0 Å². The molecule has 0 amide bonds. The topological polar surface area (TPSA) is 237 Å². The van der Waals surface area contributed by atoms with Gasteiger partial charge in [-0.1, -0.05) is 330 Å². The number of hydrogen-bond donors (Lipinski definition) is 3. The van der Waals surface area contributed by atoms with E-state index in [2.05, 4.69) is 41.5 Å². The van der Waals surface area contributed by atoms with Gasteiger partial charge in [0, 0.05) is 25.7 Å². The fourth-order valence-electron chi connectivity index (χ4n) is 11.3. The van der Waals surface area contributed by atoms with Gasteiger partial charge in [0.2, 0.25) is 0 Å². The molecule has 2 unspecified atom stereocenters. The Hall–Kier alpha value is -1.94. The summed E-state index contributed by atoms with van der Waals surface area (Å²) in [6, 6.07) is 0. The summed E-state index contributed by atoms with van der Waals surface area (Å²) in [6.45, 7) is 9.60. The zero-order valence-electron chi connectivity index (χ0n) is 60.6. The maximum absolute atomic E-state index is 13.1. The predicted molar refractivity (Wildman–Crippen MR) is 377 cm³/mol. The smallest absolute Gasteiger partial charge is 0.462 e. The zero-order chi connectivity index (χ0) is 68.6. The number of carbonyl (C=O) groups is 4. The lowest BCUT2D eigenvalue weighted by atomic mass is 10.0. The first kappa shape index (κ1) is 91.1. The molecular weight excluding hydrogens is 1220 g/mol. The normalized spacial score (nSPS) is 14.1. The second kappa shape index (κ2) is 66.0. The molecular formula is C74H144O17P2. The lowest BCUT2D eigenvalue weighted by Crippen LogP contribution is -2.30. The van der Waals surface area contributed by atoms with Crippen molar-refractivity contribution in [1.29, 1.82) is 0 Å². The Morgan fingerprint density at radius 1 is 0.290 bits per heavy atom. The van der Waals surface area contributed by atoms with Gasteiger partial charge in [-0.15, -0.1) is 0 Å². The van der Waals surface area contributed by atoms with Gasteiger partial charge < -0.3 is 33.8 Å². The second-order valence-electron chi connectivity index (χ2n) is 27.6. The van der Waals surface area contributed by atoms with Crippen LogP contribution in [-0.4, -0.2) is 96.7 Å². The van der Waals surface area contributed by atoms with Crippen molar-refractivity contribution in [3.8, 4) is 0 Å². The van der Waals surface area contributed by atoms with E-state index in [4.69, 9.17) is 37.0 Å². The molecule has 0 rings (SSSR count). The van der Waals surface area contributed by atoms with Gasteiger partial charge in [0.1, 0.15) is 19.3 Å². The van der Waals surface area contributed by atoms with E-state index in [0.29, 0.717) is 25.7 Å². The summed E-state index contributed by atoms with van der Waals surface area (Å²) < 4.78 is 68.4. The lowest BCUT2D eigenvalue weighted by molar-refractivity contribution is -0.161. The van der Waals surface area contributed by atoms with Gasteiger partial charge >= 0.3 is 39.5 Å². The summed E-state index contributed by atoms with van der Waals surface area (Å²) in [5, 5.41) is 10.6. The third kappa shape index (κ3) is 68.4. The minimum Gasteiger partial charge on any atom is -0.462 e. The summed E-state index contributed by atoms with van der Waals surface area (Å²) in [6.07, 6.45) is 52.7. The van der Waals surface area contributed by atoms with Crippen LogP contribution >= 0.6 is 15.6 Å². The first-order chi connectivity index (χ1) is 44.9. The van der Waals surface area contributed by atoms with E-state index < -0.39 is 97.5 Å². The van der Waals surface area contributed by atoms with Crippen molar-refractivity contribution >= 4 is 39.5 Å². The van der Waals surface area contributed by atoms with Crippen molar-refractivity contribution < 1.29 is 80.2 Å². The van der Waals surface area contributed by atoms with Gasteiger partial charge in [-0.3, -0.25) is 37.3 Å². The van der Waals surface area contributed by atoms with E-state index in [1.165, 1.54) is 199 Å². The Morgan fingerprint density at radius 3 is 0.731 bits per heavy atom. The average molecular weight is 1370 g/mol. The molecule has 0 aromatic rings. The molecule has 19 heteroatoms. The van der Waals surface area contributed by atoms with Gasteiger partial charge in [-0.2, -0.15) is 0 Å². The quantitative estimate of drug-likeness (QED) is 0.0222. The minimum atomic E-state index is -4.96. The summed E-state index contributed by atoms with van der Waals surface area (Å²) in [5.74, 6) is -0.525. The number of unbranched alkanes of at least 4 members (excludes halogenated alkanes) is 43. The second-order valence-corrected chi connectivity index (χ2v) is 30.5. The van der Waals surface area contributed by atoms with Crippen LogP contribution < -0.4 is 0 Å². The molecule has 0 heterocycles. The summed E-state index contributed by atoms with van der Waals surface area (Å²) in [4.78, 5) is 72.6. The minimum absolute atomic E-state index is 0.106. The summed E-state index contributed by atoms with van der Waals surface area (Å²) in [7, 11) is -9.90. The average Bonchev–Trinajstić information content (AvgIpc) is 2.71. The van der Waals surface area contributed by atoms with Crippen molar-refractivity contribution in [2.75, 3.05) is 39.6 Å². The number of rotatable bonds is 73. The van der Waals surface area contributed by atoms with Crippen LogP contribution in [-0.2, 0) is 65.4 Å². The fourth-order valence-corrected chi connectivity index (χ4v) is 12.9. The van der Waals surface area contributed by atoms with E-state index >= 15 is 0 Å². The maximum atomic E-state index is 13.1. The largest absolute Gasteiger partial charge is 0.472 e. The summed E-state index contributed by atoms with van der Waals surface area (Å²) >= 11 is 0. The van der Waals surface area contributed by atoms with Crippen LogP contribution in [0.15, 0.2) is 0 Å². The van der Waals surface area contributed by atoms with Crippen molar-refractivity contribution in [2.24, 2.45) is 11.8 Å². The van der Waals surface area contributed by atoms with Gasteiger partial charge in [0.25, 0.3) is 0 Å². The van der Waals surface area contributed by atoms with E-state index in [1.54, 1.807) is 0 Å². The monoisotopic (exact) mass is 1370 g/mol. The number of phosphoric acid groups is 2. The molecule has 3 N–H and O–H groups in total. The highest BCUT2D eigenvalue weighted by molar-refractivity contribution is 7.47. The van der Waals surface area contributed by atoms with Gasteiger partial charge in [0.15, 0.2) is 12.2 Å². The number of ether oxygens (including phenoxy) is 4. The molecule has 0 bridgehead atoms. The molecule has 5 atom stereocenters. The van der Waals surface area contributed by atoms with Crippen LogP contribution in [0.2, 0.25) is 0 Å². The van der Waals surface area contributed by atoms with E-state index in [1.807, 2.05) is 0 Å². The number of carbonyl (C=O) groups excluding carboxylic acids is 4. The van der Waals surface area contributed by atoms with Gasteiger partial charge in [-0.25, -0.2) is 9.13 Å². The molecule has 0 saturated heterocycles. The highest BCUT2D eigenvalue weighted by Crippen LogP contribution is 2.45. The fraction of sp³-hybridized carbons (Fsp3) is 0.946. The first-order valence-electron chi connectivity index (χ1n) is 38.5. The van der Waals surface area contributed by atoms with Gasteiger partial charge in [-0.05, 0) is 37.5 Å². The van der Waals surface area contributed by atoms with Crippen molar-refractivity contribution in [3.63, 3.8) is 0 Å². The predicted octanol–water partition coefficient (Wildman–Crippen LogP) is 21.6. The Morgan fingerprint density at radius 2 is 0.495 bits per heavy atom. The molecule has 0 saturated carbocycles. The molecule has 0 aromatic heterocycles. The highest BCUT2D eigenvalue weighted by Gasteiger charge is 2.30. The van der Waals surface area contributed by atoms with Crippen molar-refractivity contribution in [2.45, 2.75) is 400 Å². The number of aliphatic hydroxyl groups excluding tert-OH is 1. The lowest BCUT2D eigenvalue weighted by Gasteiger charge is -2.21. The Bertz CT molecular complexity index is 1800. The Kier molecular flexibility index (Phi) is 64.6. The Balaban J connectivity index is 5.21. The number of hydrogen-bond acceptors (Lipinski definition) is 15. The first-order valence-corrected chi connectivity index (χ1v) is 41.5.